The van der Waals surface area contributed by atoms with Crippen LogP contribution in [0, 0.1) is 19.7 Å². The number of benzene rings is 1. The molecule has 0 amide bonds. The molecule has 0 heterocycles. The van der Waals surface area contributed by atoms with Gasteiger partial charge >= 0.3 is 0 Å². The molecule has 1 aromatic carbocycles. The Kier molecular flexibility index (Phi) is 3.07. The molecule has 1 rings (SSSR count). The normalized spacial score (nSPS) is 13.0. The maximum Gasteiger partial charge on any atom is 0.126 e. The summed E-state index contributed by atoms with van der Waals surface area (Å²) in [6.07, 6.45) is 1.10. The zero-order valence-corrected chi connectivity index (χ0v) is 8.82. The fraction of sp³-hybridized carbons (Fsp3) is 0.500. The minimum absolute atomic E-state index is 0.0930. The first-order valence-electron chi connectivity index (χ1n) is 4.83. The molecular weight excluding hydrogens is 163 g/mol. The largest absolute Gasteiger partial charge is 0.207 e. The molecule has 0 bridgehead atoms. The topological polar surface area (TPSA) is 0 Å². The summed E-state index contributed by atoms with van der Waals surface area (Å²) >= 11 is 0. The van der Waals surface area contributed by atoms with Crippen molar-refractivity contribution in [1.29, 1.82) is 0 Å². The molecule has 0 saturated carbocycles. The fourth-order valence-corrected chi connectivity index (χ4v) is 1.56. The number of hydrogen-bond acceptors (Lipinski definition) is 0. The minimum atomic E-state index is -0.0930. The SMILES string of the molecule is CCC(C)c1ccc(F)c(C)c1C. The van der Waals surface area contributed by atoms with E-state index in [2.05, 4.69) is 13.8 Å². The minimum Gasteiger partial charge on any atom is -0.207 e. The van der Waals surface area contributed by atoms with E-state index in [-0.39, 0.29) is 5.82 Å². The highest BCUT2D eigenvalue weighted by Gasteiger charge is 2.10. The number of halogens is 1. The predicted molar refractivity (Wildman–Crippen MR) is 54.6 cm³/mol. The quantitative estimate of drug-likeness (QED) is 0.646. The summed E-state index contributed by atoms with van der Waals surface area (Å²) in [5.41, 5.74) is 3.17. The zero-order valence-electron chi connectivity index (χ0n) is 8.82. The first-order valence-corrected chi connectivity index (χ1v) is 4.83. The Morgan fingerprint density at radius 1 is 1.23 bits per heavy atom. The Hall–Kier alpha value is -0.850. The molecule has 1 unspecified atom stereocenters. The Morgan fingerprint density at radius 3 is 2.38 bits per heavy atom. The van der Waals surface area contributed by atoms with Crippen LogP contribution < -0.4 is 0 Å². The third-order valence-electron chi connectivity index (χ3n) is 2.91. The van der Waals surface area contributed by atoms with Gasteiger partial charge in [-0.05, 0) is 48.9 Å². The van der Waals surface area contributed by atoms with Crippen LogP contribution in [0.2, 0.25) is 0 Å². The summed E-state index contributed by atoms with van der Waals surface area (Å²) < 4.78 is 13.1. The van der Waals surface area contributed by atoms with Crippen molar-refractivity contribution in [3.63, 3.8) is 0 Å². The molecule has 72 valence electrons. The zero-order chi connectivity index (χ0) is 10.0. The molecule has 0 saturated heterocycles. The molecule has 1 atom stereocenters. The highest BCUT2D eigenvalue weighted by atomic mass is 19.1. The standard InChI is InChI=1S/C12H17F/c1-5-8(2)11-6-7-12(13)10(4)9(11)3/h6-8H,5H2,1-4H3. The number of hydrogen-bond donors (Lipinski definition) is 0. The molecule has 0 N–H and O–H groups in total. The van der Waals surface area contributed by atoms with Gasteiger partial charge in [-0.1, -0.05) is 19.9 Å². The van der Waals surface area contributed by atoms with Crippen LogP contribution in [-0.2, 0) is 0 Å². The Morgan fingerprint density at radius 2 is 1.85 bits per heavy atom. The Balaban J connectivity index is 3.18. The van der Waals surface area contributed by atoms with Gasteiger partial charge in [-0.3, -0.25) is 0 Å². The fourth-order valence-electron chi connectivity index (χ4n) is 1.56. The highest BCUT2D eigenvalue weighted by Crippen LogP contribution is 2.25. The second-order valence-electron chi connectivity index (χ2n) is 3.70. The summed E-state index contributed by atoms with van der Waals surface area (Å²) in [5, 5.41) is 0. The van der Waals surface area contributed by atoms with E-state index in [0.29, 0.717) is 5.92 Å². The van der Waals surface area contributed by atoms with Crippen molar-refractivity contribution in [2.45, 2.75) is 40.0 Å². The lowest BCUT2D eigenvalue weighted by Gasteiger charge is -2.14. The second-order valence-corrected chi connectivity index (χ2v) is 3.70. The van der Waals surface area contributed by atoms with E-state index in [0.717, 1.165) is 17.5 Å². The van der Waals surface area contributed by atoms with E-state index >= 15 is 0 Å². The predicted octanol–water partition coefficient (Wildman–Crippen LogP) is 3.96. The van der Waals surface area contributed by atoms with Crippen molar-refractivity contribution < 1.29 is 4.39 Å². The molecule has 0 spiro atoms. The first kappa shape index (κ1) is 10.2. The van der Waals surface area contributed by atoms with Gasteiger partial charge in [-0.25, -0.2) is 4.39 Å². The number of rotatable bonds is 2. The van der Waals surface area contributed by atoms with Crippen molar-refractivity contribution in [3.8, 4) is 0 Å². The van der Waals surface area contributed by atoms with E-state index in [4.69, 9.17) is 0 Å². The van der Waals surface area contributed by atoms with Gasteiger partial charge in [0.2, 0.25) is 0 Å². The highest BCUT2D eigenvalue weighted by molar-refractivity contribution is 5.36. The van der Waals surface area contributed by atoms with Crippen LogP contribution in [0.25, 0.3) is 0 Å². The summed E-state index contributed by atoms with van der Waals surface area (Å²) in [4.78, 5) is 0. The van der Waals surface area contributed by atoms with Crippen LogP contribution in [0.4, 0.5) is 4.39 Å². The average molecular weight is 180 g/mol. The van der Waals surface area contributed by atoms with E-state index in [9.17, 15) is 4.39 Å². The summed E-state index contributed by atoms with van der Waals surface area (Å²) in [7, 11) is 0. The van der Waals surface area contributed by atoms with Gasteiger partial charge in [0.05, 0.1) is 0 Å². The molecule has 0 aromatic heterocycles. The van der Waals surface area contributed by atoms with Crippen LogP contribution in [0.5, 0.6) is 0 Å². The maximum absolute atomic E-state index is 13.1. The first-order chi connectivity index (χ1) is 6.07. The monoisotopic (exact) mass is 180 g/mol. The van der Waals surface area contributed by atoms with E-state index < -0.39 is 0 Å². The van der Waals surface area contributed by atoms with Gasteiger partial charge in [-0.2, -0.15) is 0 Å². The molecular formula is C12H17F. The second kappa shape index (κ2) is 3.91. The Bertz CT molecular complexity index is 302. The van der Waals surface area contributed by atoms with Gasteiger partial charge in [0.25, 0.3) is 0 Å². The van der Waals surface area contributed by atoms with E-state index in [1.807, 2.05) is 19.9 Å². The van der Waals surface area contributed by atoms with Crippen molar-refractivity contribution in [3.05, 3.63) is 34.6 Å². The lowest BCUT2D eigenvalue weighted by atomic mass is 9.92. The van der Waals surface area contributed by atoms with Crippen molar-refractivity contribution in [2.75, 3.05) is 0 Å². The third kappa shape index (κ3) is 1.90. The van der Waals surface area contributed by atoms with Gasteiger partial charge in [0, 0.05) is 0 Å². The van der Waals surface area contributed by atoms with Crippen molar-refractivity contribution in [1.82, 2.24) is 0 Å². The molecule has 1 aromatic rings. The maximum atomic E-state index is 13.1. The summed E-state index contributed by atoms with van der Waals surface area (Å²) in [6, 6.07) is 3.48. The van der Waals surface area contributed by atoms with Crippen LogP contribution in [0.15, 0.2) is 12.1 Å². The van der Waals surface area contributed by atoms with Gasteiger partial charge < -0.3 is 0 Å². The van der Waals surface area contributed by atoms with Crippen LogP contribution in [0.3, 0.4) is 0 Å². The van der Waals surface area contributed by atoms with Crippen molar-refractivity contribution >= 4 is 0 Å². The van der Waals surface area contributed by atoms with E-state index in [1.54, 1.807) is 6.07 Å². The molecule has 0 aliphatic heterocycles. The average Bonchev–Trinajstić information content (AvgIpc) is 2.13. The van der Waals surface area contributed by atoms with Gasteiger partial charge in [0.15, 0.2) is 0 Å². The van der Waals surface area contributed by atoms with Crippen molar-refractivity contribution in [2.24, 2.45) is 0 Å². The summed E-state index contributed by atoms with van der Waals surface area (Å²) in [5.74, 6) is 0.434. The lowest BCUT2D eigenvalue weighted by molar-refractivity contribution is 0.612. The summed E-state index contributed by atoms with van der Waals surface area (Å²) in [6.45, 7) is 8.18. The van der Waals surface area contributed by atoms with Gasteiger partial charge in [0.1, 0.15) is 5.82 Å². The molecule has 1 heteroatoms. The molecule has 0 nitrogen and oxygen atoms in total. The Labute approximate surface area is 79.8 Å². The van der Waals surface area contributed by atoms with E-state index in [1.165, 1.54) is 5.56 Å². The van der Waals surface area contributed by atoms with Crippen LogP contribution in [0.1, 0.15) is 42.9 Å². The molecule has 0 radical (unpaired) electrons. The molecule has 13 heavy (non-hydrogen) atoms. The third-order valence-corrected chi connectivity index (χ3v) is 2.91. The molecule has 0 fully saturated rings. The smallest absolute Gasteiger partial charge is 0.126 e. The van der Waals surface area contributed by atoms with Crippen LogP contribution >= 0.6 is 0 Å². The lowest BCUT2D eigenvalue weighted by Crippen LogP contribution is -1.98. The van der Waals surface area contributed by atoms with Crippen LogP contribution in [-0.4, -0.2) is 0 Å². The van der Waals surface area contributed by atoms with Gasteiger partial charge in [-0.15, -0.1) is 0 Å². The molecule has 0 aliphatic carbocycles. The molecule has 0 aliphatic rings.